The molecule has 1 amide bonds. The Labute approximate surface area is 184 Å². The summed E-state index contributed by atoms with van der Waals surface area (Å²) in [5.74, 6) is 0.0516. The monoisotopic (exact) mass is 488 g/mol. The molecule has 0 spiro atoms. The fourth-order valence-corrected chi connectivity index (χ4v) is 4.41. The van der Waals surface area contributed by atoms with Crippen molar-refractivity contribution < 1.29 is 17.9 Å². The Morgan fingerprint density at radius 2 is 1.70 bits per heavy atom. The van der Waals surface area contributed by atoms with E-state index >= 15 is 0 Å². The van der Waals surface area contributed by atoms with E-state index in [4.69, 9.17) is 4.74 Å². The Balaban J connectivity index is 1.95. The summed E-state index contributed by atoms with van der Waals surface area (Å²) < 4.78 is 33.8. The second kappa shape index (κ2) is 8.89. The van der Waals surface area contributed by atoms with Crippen LogP contribution in [0.5, 0.6) is 5.75 Å². The highest BCUT2D eigenvalue weighted by Gasteiger charge is 2.25. The Morgan fingerprint density at radius 3 is 2.37 bits per heavy atom. The van der Waals surface area contributed by atoms with Crippen molar-refractivity contribution in [1.82, 2.24) is 0 Å². The molecule has 0 saturated heterocycles. The van der Waals surface area contributed by atoms with Gasteiger partial charge in [-0.15, -0.1) is 0 Å². The number of halogens is 1. The van der Waals surface area contributed by atoms with Gasteiger partial charge in [-0.2, -0.15) is 0 Å². The summed E-state index contributed by atoms with van der Waals surface area (Å²) in [5, 5.41) is 2.80. The topological polar surface area (TPSA) is 75.7 Å². The number of ether oxygens (including phenoxy) is 1. The van der Waals surface area contributed by atoms with E-state index in [1.54, 1.807) is 49.4 Å². The van der Waals surface area contributed by atoms with Crippen molar-refractivity contribution in [3.8, 4) is 5.75 Å². The third kappa shape index (κ3) is 4.49. The van der Waals surface area contributed by atoms with Crippen LogP contribution in [0.1, 0.15) is 15.9 Å². The molecular weight excluding hydrogens is 468 g/mol. The lowest BCUT2D eigenvalue weighted by atomic mass is 10.1. The quantitative estimate of drug-likeness (QED) is 0.538. The lowest BCUT2D eigenvalue weighted by Crippen LogP contribution is -2.27. The predicted molar refractivity (Wildman–Crippen MR) is 122 cm³/mol. The minimum atomic E-state index is -3.91. The third-order valence-electron chi connectivity index (χ3n) is 4.64. The molecular formula is C22H21BrN2O4S. The zero-order valence-corrected chi connectivity index (χ0v) is 19.1. The highest BCUT2D eigenvalue weighted by Crippen LogP contribution is 2.31. The molecule has 0 aliphatic rings. The van der Waals surface area contributed by atoms with Crippen LogP contribution in [0.3, 0.4) is 0 Å². The summed E-state index contributed by atoms with van der Waals surface area (Å²) in [4.78, 5) is 12.8. The summed E-state index contributed by atoms with van der Waals surface area (Å²) in [6.07, 6.45) is 0. The van der Waals surface area contributed by atoms with Gasteiger partial charge in [-0.1, -0.05) is 34.1 Å². The molecule has 30 heavy (non-hydrogen) atoms. The maximum Gasteiger partial charge on any atom is 0.264 e. The number of benzene rings is 3. The van der Waals surface area contributed by atoms with E-state index in [1.807, 2.05) is 12.1 Å². The van der Waals surface area contributed by atoms with Gasteiger partial charge >= 0.3 is 0 Å². The van der Waals surface area contributed by atoms with Crippen LogP contribution in [-0.4, -0.2) is 28.5 Å². The standard InChI is InChI=1S/C22H21BrN2O4S/c1-15-8-13-18(14-19(15)22(26)24-17-11-9-16(23)10-12-17)30(27,28)25(2)20-6-4-5-7-21(20)29-3/h4-14H,1-3H3,(H,24,26). The lowest BCUT2D eigenvalue weighted by Gasteiger charge is -2.22. The van der Waals surface area contributed by atoms with Gasteiger partial charge in [0.1, 0.15) is 5.75 Å². The number of nitrogens with one attached hydrogen (secondary N) is 1. The molecule has 3 aromatic carbocycles. The average Bonchev–Trinajstić information content (AvgIpc) is 2.74. The third-order valence-corrected chi connectivity index (χ3v) is 6.93. The molecule has 0 atom stereocenters. The SMILES string of the molecule is COc1ccccc1N(C)S(=O)(=O)c1ccc(C)c(C(=O)Nc2ccc(Br)cc2)c1. The van der Waals surface area contributed by atoms with Gasteiger partial charge in [-0.25, -0.2) is 8.42 Å². The molecule has 3 aromatic rings. The summed E-state index contributed by atoms with van der Waals surface area (Å²) in [6, 6.07) is 18.5. The number of carbonyl (C=O) groups is 1. The summed E-state index contributed by atoms with van der Waals surface area (Å²) in [7, 11) is -0.974. The van der Waals surface area contributed by atoms with Gasteiger partial charge in [0.25, 0.3) is 15.9 Å². The molecule has 0 radical (unpaired) electrons. The van der Waals surface area contributed by atoms with Crippen LogP contribution >= 0.6 is 15.9 Å². The van der Waals surface area contributed by atoms with E-state index in [9.17, 15) is 13.2 Å². The molecule has 0 fully saturated rings. The van der Waals surface area contributed by atoms with Gasteiger partial charge in [-0.3, -0.25) is 9.10 Å². The molecule has 6 nitrogen and oxygen atoms in total. The van der Waals surface area contributed by atoms with Crippen LogP contribution in [-0.2, 0) is 10.0 Å². The number of methoxy groups -OCH3 is 1. The van der Waals surface area contributed by atoms with E-state index in [1.165, 1.54) is 26.3 Å². The fraction of sp³-hybridized carbons (Fsp3) is 0.136. The maximum atomic E-state index is 13.2. The number of hydrogen-bond acceptors (Lipinski definition) is 4. The smallest absolute Gasteiger partial charge is 0.264 e. The molecule has 0 heterocycles. The van der Waals surface area contributed by atoms with Gasteiger partial charge in [0.15, 0.2) is 0 Å². The molecule has 8 heteroatoms. The number of sulfonamides is 1. The van der Waals surface area contributed by atoms with Gasteiger partial charge in [0.2, 0.25) is 0 Å². The van der Waals surface area contributed by atoms with Crippen LogP contribution < -0.4 is 14.4 Å². The molecule has 156 valence electrons. The highest BCUT2D eigenvalue weighted by atomic mass is 79.9. The zero-order chi connectivity index (χ0) is 21.9. The molecule has 0 bridgehead atoms. The fourth-order valence-electron chi connectivity index (χ4n) is 2.92. The number of nitrogens with zero attached hydrogens (tertiary/aromatic N) is 1. The van der Waals surface area contributed by atoms with Crippen molar-refractivity contribution in [3.63, 3.8) is 0 Å². The van der Waals surface area contributed by atoms with Gasteiger partial charge in [0.05, 0.1) is 17.7 Å². The van der Waals surface area contributed by atoms with E-state index in [-0.39, 0.29) is 16.4 Å². The Kier molecular flexibility index (Phi) is 6.48. The first-order valence-electron chi connectivity index (χ1n) is 9.03. The van der Waals surface area contributed by atoms with Crippen molar-refractivity contribution in [2.24, 2.45) is 0 Å². The van der Waals surface area contributed by atoms with Gasteiger partial charge in [-0.05, 0) is 61.0 Å². The number of aryl methyl sites for hydroxylation is 1. The van der Waals surface area contributed by atoms with Crippen LogP contribution in [0, 0.1) is 6.92 Å². The predicted octanol–water partition coefficient (Wildman–Crippen LogP) is 4.84. The number of hydrogen-bond donors (Lipinski definition) is 1. The number of rotatable bonds is 6. The first kappa shape index (κ1) is 21.9. The Hall–Kier alpha value is -2.84. The van der Waals surface area contributed by atoms with Crippen LogP contribution in [0.4, 0.5) is 11.4 Å². The second-order valence-electron chi connectivity index (χ2n) is 6.58. The Morgan fingerprint density at radius 1 is 1.03 bits per heavy atom. The lowest BCUT2D eigenvalue weighted by molar-refractivity contribution is 0.102. The van der Waals surface area contributed by atoms with Gasteiger partial charge in [0, 0.05) is 22.8 Å². The van der Waals surface area contributed by atoms with E-state index in [0.29, 0.717) is 22.7 Å². The Bertz CT molecular complexity index is 1180. The molecule has 0 aliphatic heterocycles. The van der Waals surface area contributed by atoms with Crippen molar-refractivity contribution in [3.05, 3.63) is 82.3 Å². The number of amides is 1. The molecule has 0 aromatic heterocycles. The number of para-hydroxylation sites is 2. The van der Waals surface area contributed by atoms with E-state index in [0.717, 1.165) is 8.78 Å². The zero-order valence-electron chi connectivity index (χ0n) is 16.7. The molecule has 3 rings (SSSR count). The van der Waals surface area contributed by atoms with Crippen LogP contribution in [0.25, 0.3) is 0 Å². The van der Waals surface area contributed by atoms with Crippen molar-refractivity contribution in [1.29, 1.82) is 0 Å². The average molecular weight is 489 g/mol. The van der Waals surface area contributed by atoms with E-state index in [2.05, 4.69) is 21.2 Å². The van der Waals surface area contributed by atoms with Crippen LogP contribution in [0.15, 0.2) is 76.1 Å². The maximum absolute atomic E-state index is 13.2. The van der Waals surface area contributed by atoms with Crippen molar-refractivity contribution >= 4 is 43.2 Å². The van der Waals surface area contributed by atoms with E-state index < -0.39 is 10.0 Å². The molecule has 0 unspecified atom stereocenters. The number of anilines is 2. The highest BCUT2D eigenvalue weighted by molar-refractivity contribution is 9.10. The minimum Gasteiger partial charge on any atom is -0.495 e. The second-order valence-corrected chi connectivity index (χ2v) is 9.47. The van der Waals surface area contributed by atoms with Gasteiger partial charge < -0.3 is 10.1 Å². The number of carbonyl (C=O) groups excluding carboxylic acids is 1. The summed E-state index contributed by atoms with van der Waals surface area (Å²) in [6.45, 7) is 1.76. The van der Waals surface area contributed by atoms with Crippen LogP contribution in [0.2, 0.25) is 0 Å². The first-order chi connectivity index (χ1) is 14.2. The first-order valence-corrected chi connectivity index (χ1v) is 11.3. The molecule has 0 saturated carbocycles. The summed E-state index contributed by atoms with van der Waals surface area (Å²) in [5.41, 5.74) is 1.97. The normalized spacial score (nSPS) is 11.1. The van der Waals surface area contributed by atoms with Crippen molar-refractivity contribution in [2.75, 3.05) is 23.8 Å². The van der Waals surface area contributed by atoms with Crippen molar-refractivity contribution in [2.45, 2.75) is 11.8 Å². The molecule has 1 N–H and O–H groups in total. The minimum absolute atomic E-state index is 0.0162. The molecule has 0 aliphatic carbocycles. The largest absolute Gasteiger partial charge is 0.495 e. The summed E-state index contributed by atoms with van der Waals surface area (Å²) >= 11 is 3.35.